The molecule has 0 aliphatic rings. The van der Waals surface area contributed by atoms with Gasteiger partial charge in [-0.3, -0.25) is 14.9 Å². The number of urea groups is 1. The fourth-order valence-corrected chi connectivity index (χ4v) is 1.69. The zero-order valence-electron chi connectivity index (χ0n) is 11.4. The number of imide groups is 1. The molecule has 0 aliphatic heterocycles. The van der Waals surface area contributed by atoms with E-state index in [1.807, 2.05) is 0 Å². The lowest BCUT2D eigenvalue weighted by atomic mass is 10.1. The van der Waals surface area contributed by atoms with Crippen LogP contribution in [0.2, 0.25) is 0 Å². The van der Waals surface area contributed by atoms with Crippen molar-refractivity contribution in [1.82, 2.24) is 10.6 Å². The lowest BCUT2D eigenvalue weighted by Gasteiger charge is -2.12. The van der Waals surface area contributed by atoms with Crippen LogP contribution in [0.5, 0.6) is 0 Å². The van der Waals surface area contributed by atoms with Crippen LogP contribution in [0.3, 0.4) is 0 Å². The topological polar surface area (TPSA) is 113 Å². The van der Waals surface area contributed by atoms with E-state index in [0.717, 1.165) is 0 Å². The quantitative estimate of drug-likeness (QED) is 0.622. The average Bonchev–Trinajstić information content (AvgIpc) is 2.36. The van der Waals surface area contributed by atoms with Crippen LogP contribution in [0.15, 0.2) is 18.2 Å². The summed E-state index contributed by atoms with van der Waals surface area (Å²) in [7, 11) is 0. The van der Waals surface area contributed by atoms with E-state index in [9.17, 15) is 14.4 Å². The maximum Gasteiger partial charge on any atom is 0.321 e. The van der Waals surface area contributed by atoms with E-state index in [1.54, 1.807) is 32.0 Å². The highest BCUT2D eigenvalue weighted by Gasteiger charge is 2.12. The van der Waals surface area contributed by atoms with Gasteiger partial charge in [-0.2, -0.15) is 0 Å². The summed E-state index contributed by atoms with van der Waals surface area (Å²) in [6, 6.07) is 4.58. The van der Waals surface area contributed by atoms with Crippen LogP contribution in [-0.2, 0) is 4.79 Å². The Morgan fingerprint density at radius 2 is 1.95 bits per heavy atom. The molecule has 0 spiro atoms. The van der Waals surface area contributed by atoms with Gasteiger partial charge in [0.2, 0.25) is 5.91 Å². The molecule has 0 atom stereocenters. The fraction of sp³-hybridized carbons (Fsp3) is 0.308. The van der Waals surface area contributed by atoms with E-state index in [-0.39, 0.29) is 6.54 Å². The minimum Gasteiger partial charge on any atom is -0.375 e. The lowest BCUT2D eigenvalue weighted by molar-refractivity contribution is -0.118. The van der Waals surface area contributed by atoms with Crippen molar-refractivity contribution in [2.75, 3.05) is 18.4 Å². The van der Waals surface area contributed by atoms with Crippen molar-refractivity contribution in [3.8, 4) is 0 Å². The number of rotatable bonds is 5. The van der Waals surface area contributed by atoms with Gasteiger partial charge in [-0.25, -0.2) is 4.79 Å². The number of nitrogens with one attached hydrogen (secondary N) is 3. The molecule has 4 amide bonds. The normalized spacial score (nSPS) is 9.70. The van der Waals surface area contributed by atoms with Crippen molar-refractivity contribution in [3.63, 3.8) is 0 Å². The standard InChI is InChI=1S/C13H18N4O3/c1-3-15-13(20)17-10(18)7-16-9-6-4-5-8(2)11(9)12(14)19/h4-6,16H,3,7H2,1-2H3,(H2,14,19)(H2,15,17,18,20). The first-order chi connectivity index (χ1) is 9.45. The maximum absolute atomic E-state index is 11.5. The molecule has 0 unspecified atom stereocenters. The zero-order valence-corrected chi connectivity index (χ0v) is 11.4. The van der Waals surface area contributed by atoms with E-state index in [1.165, 1.54) is 0 Å². The average molecular weight is 278 g/mol. The Morgan fingerprint density at radius 3 is 2.55 bits per heavy atom. The third-order valence-corrected chi connectivity index (χ3v) is 2.55. The molecule has 0 aromatic heterocycles. The highest BCUT2D eigenvalue weighted by molar-refractivity contribution is 6.01. The molecule has 1 rings (SSSR count). The van der Waals surface area contributed by atoms with Crippen LogP contribution < -0.4 is 21.7 Å². The van der Waals surface area contributed by atoms with Gasteiger partial charge < -0.3 is 16.4 Å². The molecule has 7 nitrogen and oxygen atoms in total. The molecule has 1 aromatic rings. The number of hydrogen-bond donors (Lipinski definition) is 4. The van der Waals surface area contributed by atoms with Gasteiger partial charge in [-0.1, -0.05) is 12.1 Å². The van der Waals surface area contributed by atoms with Crippen LogP contribution in [-0.4, -0.2) is 30.9 Å². The smallest absolute Gasteiger partial charge is 0.321 e. The monoisotopic (exact) mass is 278 g/mol. The van der Waals surface area contributed by atoms with Crippen molar-refractivity contribution in [2.24, 2.45) is 5.73 Å². The van der Waals surface area contributed by atoms with Gasteiger partial charge in [0.15, 0.2) is 0 Å². The minimum absolute atomic E-state index is 0.138. The summed E-state index contributed by atoms with van der Waals surface area (Å²) >= 11 is 0. The van der Waals surface area contributed by atoms with E-state index in [4.69, 9.17) is 5.73 Å². The van der Waals surface area contributed by atoms with Crippen LogP contribution in [0, 0.1) is 6.92 Å². The van der Waals surface area contributed by atoms with E-state index in [0.29, 0.717) is 23.4 Å². The second-order valence-electron chi connectivity index (χ2n) is 4.12. The van der Waals surface area contributed by atoms with Gasteiger partial charge in [0.05, 0.1) is 12.1 Å². The molecule has 0 heterocycles. The Hall–Kier alpha value is -2.57. The molecule has 20 heavy (non-hydrogen) atoms. The molecular formula is C13H18N4O3. The molecule has 0 saturated heterocycles. The molecule has 0 radical (unpaired) electrons. The number of benzene rings is 1. The molecule has 108 valence electrons. The highest BCUT2D eigenvalue weighted by Crippen LogP contribution is 2.18. The third-order valence-electron chi connectivity index (χ3n) is 2.55. The molecule has 0 fully saturated rings. The van der Waals surface area contributed by atoms with E-state index < -0.39 is 17.8 Å². The number of hydrogen-bond acceptors (Lipinski definition) is 4. The van der Waals surface area contributed by atoms with Crippen LogP contribution in [0.25, 0.3) is 0 Å². The summed E-state index contributed by atoms with van der Waals surface area (Å²) in [6.07, 6.45) is 0. The Morgan fingerprint density at radius 1 is 1.25 bits per heavy atom. The molecule has 0 bridgehead atoms. The van der Waals surface area contributed by atoms with E-state index >= 15 is 0 Å². The van der Waals surface area contributed by atoms with E-state index in [2.05, 4.69) is 16.0 Å². The van der Waals surface area contributed by atoms with Gasteiger partial charge in [-0.15, -0.1) is 0 Å². The van der Waals surface area contributed by atoms with Crippen molar-refractivity contribution in [1.29, 1.82) is 0 Å². The zero-order chi connectivity index (χ0) is 15.1. The van der Waals surface area contributed by atoms with Crippen LogP contribution in [0.4, 0.5) is 10.5 Å². The second-order valence-corrected chi connectivity index (χ2v) is 4.12. The number of nitrogens with two attached hydrogens (primary N) is 1. The summed E-state index contributed by atoms with van der Waals surface area (Å²) in [5.74, 6) is -1.08. The second kappa shape index (κ2) is 7.13. The number of amides is 4. The first-order valence-electron chi connectivity index (χ1n) is 6.16. The van der Waals surface area contributed by atoms with Crippen molar-refractivity contribution in [2.45, 2.75) is 13.8 Å². The van der Waals surface area contributed by atoms with Gasteiger partial charge in [-0.05, 0) is 25.5 Å². The van der Waals surface area contributed by atoms with Crippen molar-refractivity contribution >= 4 is 23.5 Å². The fourth-order valence-electron chi connectivity index (χ4n) is 1.69. The largest absolute Gasteiger partial charge is 0.375 e. The number of carbonyl (C=O) groups excluding carboxylic acids is 3. The van der Waals surface area contributed by atoms with Crippen LogP contribution in [0.1, 0.15) is 22.8 Å². The van der Waals surface area contributed by atoms with Gasteiger partial charge in [0, 0.05) is 12.2 Å². The molecule has 1 aromatic carbocycles. The summed E-state index contributed by atoms with van der Waals surface area (Å²) in [4.78, 5) is 34.0. The van der Waals surface area contributed by atoms with Crippen LogP contribution >= 0.6 is 0 Å². The first-order valence-corrected chi connectivity index (χ1v) is 6.16. The Balaban J connectivity index is 2.66. The molecule has 0 aliphatic carbocycles. The summed E-state index contributed by atoms with van der Waals surface area (Å²) in [6.45, 7) is 3.78. The maximum atomic E-state index is 11.5. The molecular weight excluding hydrogens is 260 g/mol. The minimum atomic E-state index is -0.574. The molecule has 0 saturated carbocycles. The number of primary amides is 1. The van der Waals surface area contributed by atoms with Crippen molar-refractivity contribution < 1.29 is 14.4 Å². The third kappa shape index (κ3) is 4.27. The number of anilines is 1. The van der Waals surface area contributed by atoms with Gasteiger partial charge in [0.1, 0.15) is 0 Å². The predicted molar refractivity (Wildman–Crippen MR) is 75.4 cm³/mol. The Labute approximate surface area is 116 Å². The summed E-state index contributed by atoms with van der Waals surface area (Å²) < 4.78 is 0. The summed E-state index contributed by atoms with van der Waals surface area (Å²) in [5.41, 5.74) is 6.81. The first kappa shape index (κ1) is 15.5. The summed E-state index contributed by atoms with van der Waals surface area (Å²) in [5, 5.41) is 7.38. The molecule has 7 heteroatoms. The number of aryl methyl sites for hydroxylation is 1. The van der Waals surface area contributed by atoms with Gasteiger partial charge in [0.25, 0.3) is 5.91 Å². The Bertz CT molecular complexity index is 528. The number of carbonyl (C=O) groups is 3. The molecule has 5 N–H and O–H groups in total. The van der Waals surface area contributed by atoms with Gasteiger partial charge >= 0.3 is 6.03 Å². The van der Waals surface area contributed by atoms with Crippen molar-refractivity contribution in [3.05, 3.63) is 29.3 Å². The highest BCUT2D eigenvalue weighted by atomic mass is 16.2. The lowest BCUT2D eigenvalue weighted by Crippen LogP contribution is -2.41. The SMILES string of the molecule is CCNC(=O)NC(=O)CNc1cccc(C)c1C(N)=O. The predicted octanol–water partition coefficient (Wildman–Crippen LogP) is 0.352. The Kier molecular flexibility index (Phi) is 5.52.